The van der Waals surface area contributed by atoms with E-state index in [1.165, 1.54) is 14.2 Å². The monoisotopic (exact) mass is 603 g/mol. The highest BCUT2D eigenvalue weighted by Crippen LogP contribution is 2.47. The van der Waals surface area contributed by atoms with Gasteiger partial charge in [-0.2, -0.15) is 0 Å². The molecule has 4 rings (SSSR count). The molecule has 13 nitrogen and oxygen atoms in total. The first-order valence-corrected chi connectivity index (χ1v) is 15.2. The minimum absolute atomic E-state index is 0.0456. The summed E-state index contributed by atoms with van der Waals surface area (Å²) in [6, 6.07) is 2.65. The van der Waals surface area contributed by atoms with Crippen LogP contribution in [0.15, 0.2) is 12.1 Å². The Balaban J connectivity index is 1.62. The van der Waals surface area contributed by atoms with Crippen LogP contribution in [0, 0.1) is 5.92 Å². The van der Waals surface area contributed by atoms with Crippen molar-refractivity contribution in [2.45, 2.75) is 57.4 Å². The summed E-state index contributed by atoms with van der Waals surface area (Å²) < 4.78 is 16.7. The zero-order chi connectivity index (χ0) is 31.1. The van der Waals surface area contributed by atoms with Crippen molar-refractivity contribution in [1.82, 2.24) is 19.6 Å². The number of amides is 4. The van der Waals surface area contributed by atoms with E-state index in [1.54, 1.807) is 17.0 Å². The SMILES string of the molecule is CCCCN(CCCCN)C(=O)CN1C[C@H](c2cc(OC)c3c(c2)OCO3)[C@@H](C(=O)O)[C@@H]1CCN1CCC(=O)N(C)C1=O. The van der Waals surface area contributed by atoms with Crippen molar-refractivity contribution in [1.29, 1.82) is 0 Å². The van der Waals surface area contributed by atoms with Gasteiger partial charge in [-0.1, -0.05) is 13.3 Å². The molecular weight excluding hydrogens is 558 g/mol. The van der Waals surface area contributed by atoms with Crippen LogP contribution in [0.4, 0.5) is 4.79 Å². The quantitative estimate of drug-likeness (QED) is 0.284. The first kappa shape index (κ1) is 32.3. The van der Waals surface area contributed by atoms with Gasteiger partial charge >= 0.3 is 12.0 Å². The summed E-state index contributed by atoms with van der Waals surface area (Å²) >= 11 is 0. The fourth-order valence-electron chi connectivity index (χ4n) is 6.29. The number of nitrogens with two attached hydrogens (primary N) is 1. The Morgan fingerprint density at radius 1 is 1.16 bits per heavy atom. The molecule has 3 heterocycles. The molecule has 0 aliphatic carbocycles. The number of ether oxygens (including phenoxy) is 3. The van der Waals surface area contributed by atoms with E-state index in [-0.39, 0.29) is 44.7 Å². The number of carboxylic acid groups (broad SMARTS) is 1. The molecule has 3 aliphatic rings. The molecule has 43 heavy (non-hydrogen) atoms. The molecule has 3 aliphatic heterocycles. The van der Waals surface area contributed by atoms with E-state index >= 15 is 0 Å². The van der Waals surface area contributed by atoms with Gasteiger partial charge in [0.15, 0.2) is 11.5 Å². The summed E-state index contributed by atoms with van der Waals surface area (Å²) in [6.07, 6.45) is 3.99. The van der Waals surface area contributed by atoms with Crippen molar-refractivity contribution in [2.75, 3.05) is 66.8 Å². The van der Waals surface area contributed by atoms with Gasteiger partial charge in [0.25, 0.3) is 0 Å². The smallest absolute Gasteiger partial charge is 0.326 e. The molecule has 0 radical (unpaired) electrons. The number of benzene rings is 1. The number of hydrogen-bond acceptors (Lipinski definition) is 9. The van der Waals surface area contributed by atoms with Crippen LogP contribution in [0.2, 0.25) is 0 Å². The third kappa shape index (κ3) is 7.32. The van der Waals surface area contributed by atoms with Gasteiger partial charge in [0, 0.05) is 58.2 Å². The van der Waals surface area contributed by atoms with Crippen LogP contribution >= 0.6 is 0 Å². The first-order valence-electron chi connectivity index (χ1n) is 15.2. The Hall–Kier alpha value is -3.58. The van der Waals surface area contributed by atoms with Crippen LogP contribution in [-0.2, 0) is 14.4 Å². The minimum Gasteiger partial charge on any atom is -0.493 e. The Kier molecular flexibility index (Phi) is 11.1. The van der Waals surface area contributed by atoms with Gasteiger partial charge < -0.3 is 34.9 Å². The van der Waals surface area contributed by atoms with Gasteiger partial charge in [-0.25, -0.2) is 4.79 Å². The highest BCUT2D eigenvalue weighted by molar-refractivity contribution is 5.96. The molecule has 0 saturated carbocycles. The van der Waals surface area contributed by atoms with E-state index in [2.05, 4.69) is 6.92 Å². The maximum atomic E-state index is 13.7. The van der Waals surface area contributed by atoms with E-state index in [9.17, 15) is 24.3 Å². The zero-order valence-electron chi connectivity index (χ0n) is 25.5. The van der Waals surface area contributed by atoms with E-state index < -0.39 is 29.9 Å². The van der Waals surface area contributed by atoms with Gasteiger partial charge in [-0.3, -0.25) is 24.2 Å². The van der Waals surface area contributed by atoms with E-state index in [0.29, 0.717) is 49.8 Å². The molecule has 0 bridgehead atoms. The molecule has 2 fully saturated rings. The molecule has 4 amide bonds. The van der Waals surface area contributed by atoms with Crippen molar-refractivity contribution < 1.29 is 38.5 Å². The number of hydrogen-bond donors (Lipinski definition) is 2. The van der Waals surface area contributed by atoms with Crippen LogP contribution in [0.5, 0.6) is 17.2 Å². The topological polar surface area (TPSA) is 155 Å². The summed E-state index contributed by atoms with van der Waals surface area (Å²) in [5.41, 5.74) is 6.41. The fraction of sp³-hybridized carbons (Fsp3) is 0.667. The second-order valence-corrected chi connectivity index (χ2v) is 11.4. The number of carboxylic acids is 1. The Labute approximate surface area is 252 Å². The number of unbranched alkanes of at least 4 members (excludes halogenated alkanes) is 2. The number of nitrogens with zero attached hydrogens (tertiary/aromatic N) is 4. The summed E-state index contributed by atoms with van der Waals surface area (Å²) in [5.74, 6) is -1.19. The number of imide groups is 1. The van der Waals surface area contributed by atoms with Crippen LogP contribution in [0.1, 0.15) is 56.9 Å². The van der Waals surface area contributed by atoms with Gasteiger partial charge in [-0.05, 0) is 49.9 Å². The standard InChI is InChI=1S/C30H45N5O8/c1-4-5-11-33(12-7-6-10-31)26(37)18-35-17-21(20-15-23(41-3)28-24(16-20)42-19-43-28)27(29(38)39)22(35)8-13-34-14-9-25(36)32(2)30(34)40/h15-16,21-22,27H,4-14,17-19,31H2,1-3H3,(H,38,39)/t21-,22+,27-/m1/s1. The summed E-state index contributed by atoms with van der Waals surface area (Å²) in [7, 11) is 2.97. The average Bonchev–Trinajstić information content (AvgIpc) is 3.61. The number of carbonyl (C=O) groups is 4. The largest absolute Gasteiger partial charge is 0.493 e. The molecule has 0 unspecified atom stereocenters. The zero-order valence-corrected chi connectivity index (χ0v) is 25.5. The second-order valence-electron chi connectivity index (χ2n) is 11.4. The lowest BCUT2D eigenvalue weighted by Gasteiger charge is -2.34. The molecule has 238 valence electrons. The molecule has 13 heteroatoms. The van der Waals surface area contributed by atoms with Crippen LogP contribution in [-0.4, -0.2) is 121 Å². The van der Waals surface area contributed by atoms with E-state index in [1.807, 2.05) is 9.80 Å². The molecule has 2 saturated heterocycles. The predicted molar refractivity (Wildman–Crippen MR) is 157 cm³/mol. The van der Waals surface area contributed by atoms with Crippen molar-refractivity contribution in [2.24, 2.45) is 11.7 Å². The van der Waals surface area contributed by atoms with Gasteiger partial charge in [0.1, 0.15) is 0 Å². The lowest BCUT2D eigenvalue weighted by atomic mass is 9.84. The maximum absolute atomic E-state index is 13.7. The third-order valence-electron chi connectivity index (χ3n) is 8.72. The normalized spacial score (nSPS) is 21.9. The summed E-state index contributed by atoms with van der Waals surface area (Å²) in [4.78, 5) is 57.9. The molecule has 0 spiro atoms. The van der Waals surface area contributed by atoms with E-state index in [0.717, 1.165) is 36.1 Å². The lowest BCUT2D eigenvalue weighted by molar-refractivity contribution is -0.144. The van der Waals surface area contributed by atoms with Gasteiger partial charge in [0.05, 0.1) is 19.6 Å². The predicted octanol–water partition coefficient (Wildman–Crippen LogP) is 1.93. The minimum atomic E-state index is -0.982. The molecule has 1 aromatic rings. The van der Waals surface area contributed by atoms with Crippen molar-refractivity contribution in [3.05, 3.63) is 17.7 Å². The number of methoxy groups -OCH3 is 1. The number of rotatable bonds is 15. The highest BCUT2D eigenvalue weighted by Gasteiger charge is 2.48. The fourth-order valence-corrected chi connectivity index (χ4v) is 6.29. The lowest BCUT2D eigenvalue weighted by Crippen LogP contribution is -2.52. The Morgan fingerprint density at radius 3 is 2.63 bits per heavy atom. The number of fused-ring (bicyclic) bond motifs is 1. The van der Waals surface area contributed by atoms with Crippen LogP contribution in [0.3, 0.4) is 0 Å². The Bertz CT molecular complexity index is 1180. The maximum Gasteiger partial charge on any atom is 0.326 e. The number of carbonyl (C=O) groups excluding carboxylic acids is 3. The van der Waals surface area contributed by atoms with E-state index in [4.69, 9.17) is 19.9 Å². The Morgan fingerprint density at radius 2 is 1.93 bits per heavy atom. The summed E-state index contributed by atoms with van der Waals surface area (Å²) in [5, 5.41) is 10.6. The number of urea groups is 1. The van der Waals surface area contributed by atoms with Gasteiger partial charge in [-0.15, -0.1) is 0 Å². The summed E-state index contributed by atoms with van der Waals surface area (Å²) in [6.45, 7) is 4.84. The number of likely N-dealkylation sites (tertiary alicyclic amines) is 1. The molecule has 3 N–H and O–H groups in total. The van der Waals surface area contributed by atoms with Crippen molar-refractivity contribution >= 4 is 23.8 Å². The second kappa shape index (κ2) is 14.7. The van der Waals surface area contributed by atoms with Crippen molar-refractivity contribution in [3.63, 3.8) is 0 Å². The molecule has 3 atom stereocenters. The molecule has 1 aromatic carbocycles. The molecule has 0 aromatic heterocycles. The van der Waals surface area contributed by atoms with Crippen LogP contribution < -0.4 is 19.9 Å². The van der Waals surface area contributed by atoms with Gasteiger partial charge in [0.2, 0.25) is 24.4 Å². The first-order chi connectivity index (χ1) is 20.7. The average molecular weight is 604 g/mol. The van der Waals surface area contributed by atoms with Crippen LogP contribution in [0.25, 0.3) is 0 Å². The number of aliphatic carboxylic acids is 1. The highest BCUT2D eigenvalue weighted by atomic mass is 16.7. The van der Waals surface area contributed by atoms with Crippen molar-refractivity contribution in [3.8, 4) is 17.2 Å². The molecular formula is C30H45N5O8. The third-order valence-corrected chi connectivity index (χ3v) is 8.72.